The molecule has 30 heavy (non-hydrogen) atoms. The highest BCUT2D eigenvalue weighted by atomic mass is 16.6. The van der Waals surface area contributed by atoms with E-state index in [9.17, 15) is 29.4 Å². The van der Waals surface area contributed by atoms with E-state index < -0.39 is 70.9 Å². The van der Waals surface area contributed by atoms with Crippen molar-refractivity contribution in [3.8, 4) is 0 Å². The molecule has 2 aromatic heterocycles. The van der Waals surface area contributed by atoms with Gasteiger partial charge in [-0.1, -0.05) is 10.4 Å². The lowest BCUT2D eigenvalue weighted by atomic mass is 10.1. The first-order chi connectivity index (χ1) is 14.2. The van der Waals surface area contributed by atoms with Crippen molar-refractivity contribution in [1.82, 2.24) is 30.0 Å². The number of aromatic nitrogens is 6. The molecule has 4 rings (SSSR count). The average molecular weight is 424 g/mol. The zero-order chi connectivity index (χ0) is 21.7. The summed E-state index contributed by atoms with van der Waals surface area (Å²) in [4.78, 5) is 45.5. The highest BCUT2D eigenvalue weighted by molar-refractivity contribution is 5.99. The van der Waals surface area contributed by atoms with E-state index in [4.69, 9.17) is 19.7 Å². The molecule has 2 fully saturated rings. The molecule has 0 saturated carbocycles. The Bertz CT molecular complexity index is 991. The quantitative estimate of drug-likeness (QED) is 0.403. The van der Waals surface area contributed by atoms with Crippen molar-refractivity contribution < 1.29 is 49.1 Å². The van der Waals surface area contributed by atoms with Crippen LogP contribution in [0.1, 0.15) is 54.0 Å². The number of carbonyl (C=O) groups is 4. The van der Waals surface area contributed by atoms with Crippen LogP contribution in [-0.4, -0.2) is 99.7 Å². The lowest BCUT2D eigenvalue weighted by molar-refractivity contribution is 0.0564. The molecular formula is C14H12N6O10. The first-order valence-corrected chi connectivity index (χ1v) is 8.29. The van der Waals surface area contributed by atoms with Gasteiger partial charge in [0.15, 0.2) is 11.4 Å². The Balaban J connectivity index is 1.68. The summed E-state index contributed by atoms with van der Waals surface area (Å²) in [6.07, 6.45) is -1.70. The summed E-state index contributed by atoms with van der Waals surface area (Å²) in [5.74, 6) is -6.28. The van der Waals surface area contributed by atoms with Crippen LogP contribution in [0.15, 0.2) is 0 Å². The third-order valence-corrected chi connectivity index (χ3v) is 4.83. The number of rotatable bonds is 6. The topological polar surface area (TPSA) is 229 Å². The van der Waals surface area contributed by atoms with E-state index in [-0.39, 0.29) is 13.2 Å². The van der Waals surface area contributed by atoms with E-state index >= 15 is 0 Å². The van der Waals surface area contributed by atoms with Gasteiger partial charge in [-0.15, -0.1) is 10.2 Å². The van der Waals surface area contributed by atoms with Gasteiger partial charge in [-0.2, -0.15) is 0 Å². The molecule has 2 aliphatic rings. The van der Waals surface area contributed by atoms with E-state index in [1.165, 1.54) is 0 Å². The molecule has 158 valence electrons. The van der Waals surface area contributed by atoms with Crippen molar-refractivity contribution in [1.29, 1.82) is 0 Å². The molecule has 0 bridgehead atoms. The Morgan fingerprint density at radius 3 is 1.37 bits per heavy atom. The summed E-state index contributed by atoms with van der Waals surface area (Å²) in [5, 5.41) is 51.0. The SMILES string of the molecule is O=C(O)c1nnn([C@@H]2CO[C@@H]3[C@@H]2OC[C@@H]3n2nnc(C(=O)O)c2C(=O)O)c1C(=O)O. The van der Waals surface area contributed by atoms with Crippen molar-refractivity contribution in [3.63, 3.8) is 0 Å². The molecule has 2 saturated heterocycles. The van der Waals surface area contributed by atoms with Crippen molar-refractivity contribution in [2.24, 2.45) is 0 Å². The van der Waals surface area contributed by atoms with Gasteiger partial charge >= 0.3 is 23.9 Å². The minimum Gasteiger partial charge on any atom is -0.476 e. The van der Waals surface area contributed by atoms with Gasteiger partial charge in [-0.25, -0.2) is 28.5 Å². The monoisotopic (exact) mass is 424 g/mol. The Hall–Kier alpha value is -3.92. The summed E-state index contributed by atoms with van der Waals surface area (Å²) >= 11 is 0. The lowest BCUT2D eigenvalue weighted by Gasteiger charge is -2.18. The fourth-order valence-electron chi connectivity index (χ4n) is 3.62. The van der Waals surface area contributed by atoms with Gasteiger partial charge < -0.3 is 29.9 Å². The maximum absolute atomic E-state index is 11.5. The second kappa shape index (κ2) is 6.85. The summed E-state index contributed by atoms with van der Waals surface area (Å²) < 4.78 is 13.0. The average Bonchev–Trinajstić information content (AvgIpc) is 3.41. The third kappa shape index (κ3) is 2.77. The summed E-state index contributed by atoms with van der Waals surface area (Å²) in [7, 11) is 0. The first kappa shape index (κ1) is 19.4. The minimum atomic E-state index is -1.57. The first-order valence-electron chi connectivity index (χ1n) is 8.29. The van der Waals surface area contributed by atoms with Crippen LogP contribution >= 0.6 is 0 Å². The molecule has 2 aromatic rings. The summed E-state index contributed by atoms with van der Waals surface area (Å²) in [6, 6.07) is -1.75. The lowest BCUT2D eigenvalue weighted by Crippen LogP contribution is -2.32. The third-order valence-electron chi connectivity index (χ3n) is 4.83. The highest BCUT2D eigenvalue weighted by Crippen LogP contribution is 2.40. The molecule has 0 spiro atoms. The molecule has 0 aliphatic carbocycles. The Kier molecular flexibility index (Phi) is 4.43. The van der Waals surface area contributed by atoms with Gasteiger partial charge in [0.05, 0.1) is 13.2 Å². The summed E-state index contributed by atoms with van der Waals surface area (Å²) in [6.45, 7) is -0.283. The van der Waals surface area contributed by atoms with Gasteiger partial charge in [-0.05, 0) is 0 Å². The smallest absolute Gasteiger partial charge is 0.359 e. The molecule has 0 radical (unpaired) electrons. The molecule has 2 aliphatic heterocycles. The van der Waals surface area contributed by atoms with Gasteiger partial charge in [-0.3, -0.25) is 0 Å². The number of nitrogens with zero attached hydrogens (tertiary/aromatic N) is 6. The molecule has 16 heteroatoms. The van der Waals surface area contributed by atoms with Crippen molar-refractivity contribution in [3.05, 3.63) is 22.8 Å². The van der Waals surface area contributed by atoms with Crippen LogP contribution in [0.4, 0.5) is 0 Å². The fourth-order valence-corrected chi connectivity index (χ4v) is 3.62. The highest BCUT2D eigenvalue weighted by Gasteiger charge is 2.52. The Morgan fingerprint density at radius 1 is 0.700 bits per heavy atom. The second-order valence-electron chi connectivity index (χ2n) is 6.41. The van der Waals surface area contributed by atoms with Crippen LogP contribution in [0.3, 0.4) is 0 Å². The number of fused-ring (bicyclic) bond motifs is 1. The molecular weight excluding hydrogens is 412 g/mol. The van der Waals surface area contributed by atoms with Gasteiger partial charge in [0, 0.05) is 0 Å². The molecule has 0 aromatic carbocycles. The number of hydrogen-bond donors (Lipinski definition) is 4. The van der Waals surface area contributed by atoms with Gasteiger partial charge in [0.2, 0.25) is 11.4 Å². The predicted molar refractivity (Wildman–Crippen MR) is 85.4 cm³/mol. The van der Waals surface area contributed by atoms with E-state index in [0.717, 1.165) is 9.36 Å². The Morgan fingerprint density at radius 2 is 1.07 bits per heavy atom. The maximum Gasteiger partial charge on any atom is 0.359 e. The fraction of sp³-hybridized carbons (Fsp3) is 0.429. The second-order valence-corrected chi connectivity index (χ2v) is 6.41. The predicted octanol–water partition coefficient (Wildman–Crippen LogP) is -1.76. The van der Waals surface area contributed by atoms with E-state index in [0.29, 0.717) is 0 Å². The van der Waals surface area contributed by atoms with Crippen LogP contribution in [0.2, 0.25) is 0 Å². The molecule has 4 atom stereocenters. The normalized spacial score (nSPS) is 25.2. The van der Waals surface area contributed by atoms with Crippen molar-refractivity contribution in [2.75, 3.05) is 13.2 Å². The van der Waals surface area contributed by atoms with E-state index in [1.54, 1.807) is 0 Å². The molecule has 0 amide bonds. The van der Waals surface area contributed by atoms with Gasteiger partial charge in [0.1, 0.15) is 24.3 Å². The molecule has 0 unspecified atom stereocenters. The van der Waals surface area contributed by atoms with Crippen LogP contribution in [0.5, 0.6) is 0 Å². The molecule has 4 heterocycles. The number of carboxylic acid groups (broad SMARTS) is 4. The molecule has 4 N–H and O–H groups in total. The maximum atomic E-state index is 11.5. The van der Waals surface area contributed by atoms with E-state index in [1.807, 2.05) is 0 Å². The van der Waals surface area contributed by atoms with Crippen LogP contribution in [0, 0.1) is 0 Å². The largest absolute Gasteiger partial charge is 0.476 e. The van der Waals surface area contributed by atoms with Crippen LogP contribution in [-0.2, 0) is 9.47 Å². The number of ether oxygens (including phenoxy) is 2. The molecule has 16 nitrogen and oxygen atoms in total. The number of hydrogen-bond acceptors (Lipinski definition) is 10. The van der Waals surface area contributed by atoms with E-state index in [2.05, 4.69) is 20.6 Å². The summed E-state index contributed by atoms with van der Waals surface area (Å²) in [5.41, 5.74) is -2.83. The zero-order valence-corrected chi connectivity index (χ0v) is 14.6. The standard InChI is InChI=1S/C14H12N6O10/c21-11(22)5-7(13(25)26)19(17-15-5)3-1-29-10-4(2-30-9(3)10)20-8(14(27)28)6(12(23)24)16-18-20/h3-4,9-10H,1-2H2,(H,21,22)(H,23,24)(H,25,26)(H,27,28)/t3-,4+,9-,10+. The zero-order valence-electron chi connectivity index (χ0n) is 14.6. The van der Waals surface area contributed by atoms with Gasteiger partial charge in [0.25, 0.3) is 0 Å². The number of aromatic carboxylic acids is 4. The Labute approximate surface area is 164 Å². The van der Waals surface area contributed by atoms with Crippen molar-refractivity contribution in [2.45, 2.75) is 24.3 Å². The van der Waals surface area contributed by atoms with Crippen molar-refractivity contribution >= 4 is 23.9 Å². The minimum absolute atomic E-state index is 0.141. The number of carboxylic acids is 4. The van der Waals surface area contributed by atoms with Crippen LogP contribution < -0.4 is 0 Å². The van der Waals surface area contributed by atoms with Crippen LogP contribution in [0.25, 0.3) is 0 Å².